The van der Waals surface area contributed by atoms with Crippen LogP contribution in [0.1, 0.15) is 58.3 Å². The van der Waals surface area contributed by atoms with Crippen LogP contribution >= 0.6 is 0 Å². The summed E-state index contributed by atoms with van der Waals surface area (Å²) in [6, 6.07) is 25.5. The first-order valence-electron chi connectivity index (χ1n) is 11.5. The molecule has 156 valence electrons. The van der Waals surface area contributed by atoms with Crippen LogP contribution in [0.15, 0.2) is 72.8 Å². The summed E-state index contributed by atoms with van der Waals surface area (Å²) in [5.41, 5.74) is 6.65. The molecule has 1 aliphatic heterocycles. The molecule has 2 aliphatic carbocycles. The van der Waals surface area contributed by atoms with Gasteiger partial charge in [0, 0.05) is 16.9 Å². The fourth-order valence-electron chi connectivity index (χ4n) is 6.53. The average molecular weight is 409 g/mol. The van der Waals surface area contributed by atoms with Crippen LogP contribution in [-0.4, -0.2) is 5.91 Å². The molecule has 3 aromatic carbocycles. The summed E-state index contributed by atoms with van der Waals surface area (Å²) in [6.45, 7) is 2.02. The second-order valence-corrected chi connectivity index (χ2v) is 9.54. The van der Waals surface area contributed by atoms with Crippen molar-refractivity contribution >= 4 is 17.3 Å². The Morgan fingerprint density at radius 3 is 2.55 bits per heavy atom. The molecule has 2 N–H and O–H groups in total. The smallest absolute Gasteiger partial charge is 0.255 e. The van der Waals surface area contributed by atoms with E-state index in [9.17, 15) is 4.79 Å². The Labute approximate surface area is 183 Å². The standard InChI is InChI=1S/C28H28N2O/c1-17-7-5-6-10-23(17)30-28(31)21-13-14-24-22(16-21)25-19-11-12-20(15-19)26(25)27(29-24)18-8-3-2-4-9-18/h2-10,13-14,16,19-20,25-27,29H,11-12,15H2,1H3,(H,30,31)/t19-,20-,25+,26-,27-/m0/s1. The number of fused-ring (bicyclic) bond motifs is 7. The Bertz CT molecular complexity index is 1140. The van der Waals surface area contributed by atoms with Gasteiger partial charge in [0.25, 0.3) is 5.91 Å². The number of benzene rings is 3. The van der Waals surface area contributed by atoms with E-state index in [1.165, 1.54) is 36.1 Å². The lowest BCUT2D eigenvalue weighted by Gasteiger charge is -2.43. The number of carbonyl (C=O) groups excluding carboxylic acids is 1. The Morgan fingerprint density at radius 1 is 0.935 bits per heavy atom. The number of amides is 1. The van der Waals surface area contributed by atoms with Crippen molar-refractivity contribution < 1.29 is 4.79 Å². The highest BCUT2D eigenvalue weighted by Crippen LogP contribution is 2.63. The van der Waals surface area contributed by atoms with E-state index in [1.807, 2.05) is 37.3 Å². The third kappa shape index (κ3) is 3.06. The van der Waals surface area contributed by atoms with Crippen LogP contribution in [0.5, 0.6) is 0 Å². The second kappa shape index (κ2) is 7.26. The molecule has 1 heterocycles. The predicted molar refractivity (Wildman–Crippen MR) is 125 cm³/mol. The molecule has 2 saturated carbocycles. The fourth-order valence-corrected chi connectivity index (χ4v) is 6.53. The first-order valence-corrected chi connectivity index (χ1v) is 11.5. The predicted octanol–water partition coefficient (Wildman–Crippen LogP) is 6.54. The zero-order valence-corrected chi connectivity index (χ0v) is 17.8. The van der Waals surface area contributed by atoms with Gasteiger partial charge in [0.2, 0.25) is 0 Å². The number of para-hydroxylation sites is 1. The molecule has 1 amide bonds. The number of anilines is 2. The van der Waals surface area contributed by atoms with E-state index in [0.717, 1.165) is 28.7 Å². The zero-order chi connectivity index (χ0) is 20.9. The van der Waals surface area contributed by atoms with E-state index in [2.05, 4.69) is 53.1 Å². The van der Waals surface area contributed by atoms with Crippen molar-refractivity contribution in [2.45, 2.75) is 38.1 Å². The lowest BCUT2D eigenvalue weighted by molar-refractivity contribution is 0.102. The van der Waals surface area contributed by atoms with Crippen LogP contribution in [0, 0.1) is 24.7 Å². The molecule has 6 rings (SSSR count). The summed E-state index contributed by atoms with van der Waals surface area (Å²) < 4.78 is 0. The van der Waals surface area contributed by atoms with Crippen molar-refractivity contribution in [2.75, 3.05) is 10.6 Å². The molecule has 3 nitrogen and oxygen atoms in total. The molecule has 5 atom stereocenters. The van der Waals surface area contributed by atoms with Crippen LogP contribution in [0.4, 0.5) is 11.4 Å². The molecule has 0 unspecified atom stereocenters. The van der Waals surface area contributed by atoms with Crippen molar-refractivity contribution in [2.24, 2.45) is 17.8 Å². The summed E-state index contributed by atoms with van der Waals surface area (Å²) in [5, 5.41) is 6.97. The highest BCUT2D eigenvalue weighted by Gasteiger charge is 2.53. The van der Waals surface area contributed by atoms with E-state index >= 15 is 0 Å². The monoisotopic (exact) mass is 408 g/mol. The third-order valence-electron chi connectivity index (χ3n) is 7.90. The number of carbonyl (C=O) groups is 1. The van der Waals surface area contributed by atoms with E-state index in [1.54, 1.807) is 0 Å². The molecule has 31 heavy (non-hydrogen) atoms. The van der Waals surface area contributed by atoms with Gasteiger partial charge in [-0.05, 0) is 90.8 Å². The van der Waals surface area contributed by atoms with Crippen molar-refractivity contribution in [3.63, 3.8) is 0 Å². The van der Waals surface area contributed by atoms with Gasteiger partial charge in [0.15, 0.2) is 0 Å². The topological polar surface area (TPSA) is 41.1 Å². The van der Waals surface area contributed by atoms with Gasteiger partial charge in [-0.1, -0.05) is 48.5 Å². The number of rotatable bonds is 3. The van der Waals surface area contributed by atoms with Gasteiger partial charge in [-0.3, -0.25) is 4.79 Å². The quantitative estimate of drug-likeness (QED) is 0.516. The van der Waals surface area contributed by atoms with Crippen LogP contribution in [0.25, 0.3) is 0 Å². The van der Waals surface area contributed by atoms with Crippen molar-refractivity contribution in [3.8, 4) is 0 Å². The largest absolute Gasteiger partial charge is 0.378 e. The van der Waals surface area contributed by atoms with Gasteiger partial charge < -0.3 is 10.6 Å². The summed E-state index contributed by atoms with van der Waals surface area (Å²) in [5.74, 6) is 2.67. The van der Waals surface area contributed by atoms with Gasteiger partial charge >= 0.3 is 0 Å². The van der Waals surface area contributed by atoms with E-state index in [-0.39, 0.29) is 5.91 Å². The highest BCUT2D eigenvalue weighted by molar-refractivity contribution is 6.05. The first-order chi connectivity index (χ1) is 15.2. The van der Waals surface area contributed by atoms with Crippen molar-refractivity contribution in [1.82, 2.24) is 0 Å². The molecule has 0 radical (unpaired) electrons. The Balaban J connectivity index is 1.36. The van der Waals surface area contributed by atoms with Gasteiger partial charge in [0.1, 0.15) is 0 Å². The van der Waals surface area contributed by atoms with Crippen LogP contribution in [0.3, 0.4) is 0 Å². The molecule has 2 fully saturated rings. The number of aryl methyl sites for hydroxylation is 1. The Kier molecular flexibility index (Phi) is 4.38. The molecular weight excluding hydrogens is 380 g/mol. The van der Waals surface area contributed by atoms with Crippen LogP contribution in [0.2, 0.25) is 0 Å². The second-order valence-electron chi connectivity index (χ2n) is 9.54. The lowest BCUT2D eigenvalue weighted by atomic mass is 9.68. The maximum atomic E-state index is 13.1. The molecule has 3 heteroatoms. The molecule has 0 aromatic heterocycles. The van der Waals surface area contributed by atoms with Gasteiger partial charge in [-0.2, -0.15) is 0 Å². The van der Waals surface area contributed by atoms with Gasteiger partial charge in [0.05, 0.1) is 6.04 Å². The van der Waals surface area contributed by atoms with Gasteiger partial charge in [-0.15, -0.1) is 0 Å². The molecule has 0 spiro atoms. The number of hydrogen-bond acceptors (Lipinski definition) is 2. The van der Waals surface area contributed by atoms with E-state index < -0.39 is 0 Å². The molecular formula is C28H28N2O. The van der Waals surface area contributed by atoms with Crippen molar-refractivity contribution in [1.29, 1.82) is 0 Å². The summed E-state index contributed by atoms with van der Waals surface area (Å²) in [7, 11) is 0. The first kappa shape index (κ1) is 18.7. The average Bonchev–Trinajstić information content (AvgIpc) is 3.43. The number of hydrogen-bond donors (Lipinski definition) is 2. The summed E-state index contributed by atoms with van der Waals surface area (Å²) >= 11 is 0. The zero-order valence-electron chi connectivity index (χ0n) is 17.8. The minimum atomic E-state index is -0.0259. The third-order valence-corrected chi connectivity index (χ3v) is 7.90. The maximum absolute atomic E-state index is 13.1. The van der Waals surface area contributed by atoms with E-state index in [4.69, 9.17) is 0 Å². The SMILES string of the molecule is Cc1ccccc1NC(=O)c1ccc2c(c1)[C@H]1[C@H]3CC[C@@H](C3)[C@@H]1[C@H](c1ccccc1)N2. The molecule has 2 bridgehead atoms. The van der Waals surface area contributed by atoms with Crippen LogP contribution < -0.4 is 10.6 Å². The minimum absolute atomic E-state index is 0.0259. The summed E-state index contributed by atoms with van der Waals surface area (Å²) in [6.07, 6.45) is 4.01. The normalized spacial score (nSPS) is 27.8. The van der Waals surface area contributed by atoms with Crippen LogP contribution in [-0.2, 0) is 0 Å². The molecule has 3 aliphatic rings. The lowest BCUT2D eigenvalue weighted by Crippen LogP contribution is -2.35. The molecule has 3 aromatic rings. The molecule has 0 saturated heterocycles. The Hall–Kier alpha value is -3.07. The summed E-state index contributed by atoms with van der Waals surface area (Å²) in [4.78, 5) is 13.1. The Morgan fingerprint density at radius 2 is 1.71 bits per heavy atom. The fraction of sp³-hybridized carbons (Fsp3) is 0.321. The highest BCUT2D eigenvalue weighted by atomic mass is 16.1. The minimum Gasteiger partial charge on any atom is -0.378 e. The van der Waals surface area contributed by atoms with E-state index in [0.29, 0.717) is 17.9 Å². The number of nitrogens with one attached hydrogen (secondary N) is 2. The van der Waals surface area contributed by atoms with Crippen molar-refractivity contribution in [3.05, 3.63) is 95.1 Å². The maximum Gasteiger partial charge on any atom is 0.255 e. The van der Waals surface area contributed by atoms with Gasteiger partial charge in [-0.25, -0.2) is 0 Å².